The first-order valence-electron chi connectivity index (χ1n) is 8.50. The van der Waals surface area contributed by atoms with Crippen LogP contribution in [-0.2, 0) is 0 Å². The highest BCUT2D eigenvalue weighted by atomic mass is 15.2. The first-order valence-corrected chi connectivity index (χ1v) is 8.50. The number of hydrogen-bond acceptors (Lipinski definition) is 4. The van der Waals surface area contributed by atoms with Gasteiger partial charge in [-0.05, 0) is 50.6 Å². The first-order chi connectivity index (χ1) is 11.1. The molecule has 0 radical (unpaired) electrons. The maximum absolute atomic E-state index is 4.33. The van der Waals surface area contributed by atoms with E-state index < -0.39 is 0 Å². The lowest BCUT2D eigenvalue weighted by atomic mass is 10.0. The minimum atomic E-state index is 0.492. The Bertz CT molecular complexity index is 613. The van der Waals surface area contributed by atoms with Crippen molar-refractivity contribution in [1.29, 1.82) is 0 Å². The van der Waals surface area contributed by atoms with Crippen LogP contribution in [0.4, 0.5) is 5.82 Å². The zero-order valence-electron chi connectivity index (χ0n) is 14.4. The van der Waals surface area contributed by atoms with Crippen LogP contribution in [0.3, 0.4) is 0 Å². The van der Waals surface area contributed by atoms with Gasteiger partial charge in [-0.2, -0.15) is 0 Å². The molecule has 4 heteroatoms. The summed E-state index contributed by atoms with van der Waals surface area (Å²) in [6.07, 6.45) is 4.04. The van der Waals surface area contributed by atoms with Gasteiger partial charge < -0.3 is 4.90 Å². The molecule has 1 aliphatic heterocycles. The molecule has 0 spiro atoms. The number of piperidine rings is 1. The standard InChI is InChI=1S/C19H26N4/c1-15(23-13-5-4-6-14-23)16-7-9-17(10-8-16)18-11-12-19(21-20-18)22(2)3/h7-12,15H,4-6,13-14H2,1-3H3. The monoisotopic (exact) mass is 310 g/mol. The highest BCUT2D eigenvalue weighted by Crippen LogP contribution is 2.26. The Morgan fingerprint density at radius 1 is 0.913 bits per heavy atom. The van der Waals surface area contributed by atoms with E-state index in [0.29, 0.717) is 6.04 Å². The van der Waals surface area contributed by atoms with Crippen LogP contribution in [0.25, 0.3) is 11.3 Å². The minimum absolute atomic E-state index is 0.492. The largest absolute Gasteiger partial charge is 0.361 e. The maximum atomic E-state index is 4.33. The molecule has 0 N–H and O–H groups in total. The minimum Gasteiger partial charge on any atom is -0.361 e. The summed E-state index contributed by atoms with van der Waals surface area (Å²) < 4.78 is 0. The van der Waals surface area contributed by atoms with Crippen molar-refractivity contribution in [2.75, 3.05) is 32.1 Å². The first kappa shape index (κ1) is 15.9. The molecule has 2 aromatic rings. The zero-order chi connectivity index (χ0) is 16.2. The molecule has 0 amide bonds. The second-order valence-electron chi connectivity index (χ2n) is 6.57. The molecule has 1 aromatic heterocycles. The molecule has 3 rings (SSSR count). The molecule has 2 heterocycles. The van der Waals surface area contributed by atoms with Crippen LogP contribution in [0.15, 0.2) is 36.4 Å². The average molecular weight is 310 g/mol. The van der Waals surface area contributed by atoms with E-state index in [2.05, 4.69) is 46.3 Å². The normalized spacial score (nSPS) is 17.0. The van der Waals surface area contributed by atoms with Crippen LogP contribution >= 0.6 is 0 Å². The van der Waals surface area contributed by atoms with Crippen molar-refractivity contribution in [3.63, 3.8) is 0 Å². The van der Waals surface area contributed by atoms with Gasteiger partial charge in [-0.3, -0.25) is 4.90 Å². The SMILES string of the molecule is CC(c1ccc(-c2ccc(N(C)C)nn2)cc1)N1CCCCC1. The molecule has 1 fully saturated rings. The highest BCUT2D eigenvalue weighted by Gasteiger charge is 2.18. The molecule has 122 valence electrons. The fourth-order valence-electron chi connectivity index (χ4n) is 3.17. The van der Waals surface area contributed by atoms with Crippen LogP contribution in [0.2, 0.25) is 0 Å². The fourth-order valence-corrected chi connectivity index (χ4v) is 3.17. The van der Waals surface area contributed by atoms with Crippen LogP contribution < -0.4 is 4.90 Å². The van der Waals surface area contributed by atoms with Crippen molar-refractivity contribution in [3.8, 4) is 11.3 Å². The maximum Gasteiger partial charge on any atom is 0.150 e. The smallest absolute Gasteiger partial charge is 0.150 e. The molecule has 1 aromatic carbocycles. The average Bonchev–Trinajstić information content (AvgIpc) is 2.62. The molecule has 0 aliphatic carbocycles. The number of rotatable bonds is 4. The summed E-state index contributed by atoms with van der Waals surface area (Å²) in [6, 6.07) is 13.3. The summed E-state index contributed by atoms with van der Waals surface area (Å²) in [6.45, 7) is 4.76. The van der Waals surface area contributed by atoms with E-state index >= 15 is 0 Å². The topological polar surface area (TPSA) is 32.3 Å². The van der Waals surface area contributed by atoms with Crippen LogP contribution in [0, 0.1) is 0 Å². The highest BCUT2D eigenvalue weighted by molar-refractivity contribution is 5.60. The molecule has 4 nitrogen and oxygen atoms in total. The van der Waals surface area contributed by atoms with Gasteiger partial charge in [-0.15, -0.1) is 10.2 Å². The Hall–Kier alpha value is -1.94. The van der Waals surface area contributed by atoms with E-state index in [4.69, 9.17) is 0 Å². The summed E-state index contributed by atoms with van der Waals surface area (Å²) in [4.78, 5) is 4.55. The van der Waals surface area contributed by atoms with Crippen LogP contribution in [0.1, 0.15) is 37.8 Å². The van der Waals surface area contributed by atoms with Gasteiger partial charge in [0.15, 0.2) is 5.82 Å². The van der Waals surface area contributed by atoms with E-state index in [9.17, 15) is 0 Å². The second kappa shape index (κ2) is 7.09. The third-order valence-corrected chi connectivity index (χ3v) is 4.74. The summed E-state index contributed by atoms with van der Waals surface area (Å²) in [5, 5.41) is 8.59. The predicted molar refractivity (Wildman–Crippen MR) is 95.6 cm³/mol. The summed E-state index contributed by atoms with van der Waals surface area (Å²) in [7, 11) is 3.95. The molecular formula is C19H26N4. The number of nitrogens with zero attached hydrogens (tertiary/aromatic N) is 4. The van der Waals surface area contributed by atoms with Crippen molar-refractivity contribution >= 4 is 5.82 Å². The molecule has 23 heavy (non-hydrogen) atoms. The summed E-state index contributed by atoms with van der Waals surface area (Å²) >= 11 is 0. The van der Waals surface area contributed by atoms with Gasteiger partial charge in [0.25, 0.3) is 0 Å². The van der Waals surface area contributed by atoms with Crippen molar-refractivity contribution in [2.24, 2.45) is 0 Å². The van der Waals surface area contributed by atoms with Crippen molar-refractivity contribution in [2.45, 2.75) is 32.2 Å². The lowest BCUT2D eigenvalue weighted by Crippen LogP contribution is -2.32. The van der Waals surface area contributed by atoms with Gasteiger partial charge in [0.1, 0.15) is 0 Å². The van der Waals surface area contributed by atoms with E-state index in [0.717, 1.165) is 17.1 Å². The number of likely N-dealkylation sites (tertiary alicyclic amines) is 1. The van der Waals surface area contributed by atoms with Gasteiger partial charge in [-0.25, -0.2) is 0 Å². The van der Waals surface area contributed by atoms with E-state index in [1.165, 1.54) is 37.9 Å². The van der Waals surface area contributed by atoms with Crippen LogP contribution in [-0.4, -0.2) is 42.3 Å². The van der Waals surface area contributed by atoms with E-state index in [1.54, 1.807) is 0 Å². The third-order valence-electron chi connectivity index (χ3n) is 4.74. The number of anilines is 1. The van der Waals surface area contributed by atoms with Gasteiger partial charge in [0.05, 0.1) is 5.69 Å². The molecule has 1 aliphatic rings. The van der Waals surface area contributed by atoms with Gasteiger partial charge in [0, 0.05) is 25.7 Å². The van der Waals surface area contributed by atoms with E-state index in [1.807, 2.05) is 31.1 Å². The molecular weight excluding hydrogens is 284 g/mol. The third kappa shape index (κ3) is 3.70. The lowest BCUT2D eigenvalue weighted by Gasteiger charge is -2.32. The molecule has 0 bridgehead atoms. The number of aromatic nitrogens is 2. The fraction of sp³-hybridized carbons (Fsp3) is 0.474. The Morgan fingerprint density at radius 2 is 1.61 bits per heavy atom. The van der Waals surface area contributed by atoms with Crippen molar-refractivity contribution < 1.29 is 0 Å². The lowest BCUT2D eigenvalue weighted by molar-refractivity contribution is 0.175. The summed E-state index contributed by atoms with van der Waals surface area (Å²) in [5.41, 5.74) is 3.43. The molecule has 1 unspecified atom stereocenters. The predicted octanol–water partition coefficient (Wildman–Crippen LogP) is 3.76. The van der Waals surface area contributed by atoms with E-state index in [-0.39, 0.29) is 0 Å². The Morgan fingerprint density at radius 3 is 2.17 bits per heavy atom. The molecule has 0 saturated carbocycles. The van der Waals surface area contributed by atoms with Crippen molar-refractivity contribution in [1.82, 2.24) is 15.1 Å². The number of benzene rings is 1. The quantitative estimate of drug-likeness (QED) is 0.861. The van der Waals surface area contributed by atoms with Crippen molar-refractivity contribution in [3.05, 3.63) is 42.0 Å². The summed E-state index contributed by atoms with van der Waals surface area (Å²) in [5.74, 6) is 0.879. The molecule has 1 atom stereocenters. The molecule has 1 saturated heterocycles. The number of hydrogen-bond donors (Lipinski definition) is 0. The van der Waals surface area contributed by atoms with Gasteiger partial charge >= 0.3 is 0 Å². The Balaban J connectivity index is 1.73. The van der Waals surface area contributed by atoms with Gasteiger partial charge in [0.2, 0.25) is 0 Å². The van der Waals surface area contributed by atoms with Crippen LogP contribution in [0.5, 0.6) is 0 Å². The van der Waals surface area contributed by atoms with Gasteiger partial charge in [-0.1, -0.05) is 30.7 Å². The second-order valence-corrected chi connectivity index (χ2v) is 6.57. The Labute approximate surface area is 139 Å². The Kier molecular flexibility index (Phi) is 4.91. The zero-order valence-corrected chi connectivity index (χ0v) is 14.4.